The van der Waals surface area contributed by atoms with E-state index in [4.69, 9.17) is 0 Å². The van der Waals surface area contributed by atoms with Crippen LogP contribution in [-0.4, -0.2) is 12.3 Å². The van der Waals surface area contributed by atoms with Crippen molar-refractivity contribution < 1.29 is 4.79 Å². The monoisotopic (exact) mass is 279 g/mol. The molecule has 0 unspecified atom stereocenters. The van der Waals surface area contributed by atoms with Crippen molar-refractivity contribution in [1.82, 2.24) is 0 Å². The molecule has 1 N–H and O–H groups in total. The fourth-order valence-corrected chi connectivity index (χ4v) is 3.04. The van der Waals surface area contributed by atoms with Crippen LogP contribution in [0, 0.1) is 13.8 Å². The maximum atomic E-state index is 12.6. The van der Waals surface area contributed by atoms with Gasteiger partial charge in [0.2, 0.25) is 0 Å². The first kappa shape index (κ1) is 13.9. The van der Waals surface area contributed by atoms with Crippen molar-refractivity contribution in [3.8, 4) is 0 Å². The third-order valence-electron chi connectivity index (χ3n) is 4.35. The second kappa shape index (κ2) is 5.72. The number of fused-ring (bicyclic) bond motifs is 1. The first-order valence-electron chi connectivity index (χ1n) is 7.60. The predicted molar refractivity (Wildman–Crippen MR) is 87.2 cm³/mol. The number of hydrogen-bond donors (Lipinski definition) is 1. The van der Waals surface area contributed by atoms with Crippen molar-refractivity contribution >= 4 is 11.5 Å². The molecule has 0 saturated carbocycles. The van der Waals surface area contributed by atoms with E-state index in [0.29, 0.717) is 6.42 Å². The lowest BCUT2D eigenvalue weighted by atomic mass is 9.93. The second-order valence-electron chi connectivity index (χ2n) is 5.87. The van der Waals surface area contributed by atoms with Gasteiger partial charge in [0.1, 0.15) is 0 Å². The lowest BCUT2D eigenvalue weighted by Gasteiger charge is -2.18. The third kappa shape index (κ3) is 2.85. The summed E-state index contributed by atoms with van der Waals surface area (Å²) in [7, 11) is 0. The van der Waals surface area contributed by atoms with Crippen LogP contribution < -0.4 is 5.32 Å². The molecule has 1 heterocycles. The molecule has 0 atom stereocenters. The highest BCUT2D eigenvalue weighted by Gasteiger charge is 2.14. The Labute approximate surface area is 126 Å². The molecule has 0 saturated heterocycles. The zero-order valence-electron chi connectivity index (χ0n) is 12.7. The number of ketones is 1. The van der Waals surface area contributed by atoms with E-state index in [2.05, 4.69) is 37.4 Å². The van der Waals surface area contributed by atoms with E-state index >= 15 is 0 Å². The molecule has 3 rings (SSSR count). The highest BCUT2D eigenvalue weighted by Crippen LogP contribution is 2.24. The fraction of sp³-hybridized carbons (Fsp3) is 0.316. The normalized spacial score (nSPS) is 13.4. The summed E-state index contributed by atoms with van der Waals surface area (Å²) in [4.78, 5) is 12.6. The predicted octanol–water partition coefficient (Wildman–Crippen LogP) is 4.09. The van der Waals surface area contributed by atoms with Gasteiger partial charge in [-0.05, 0) is 67.1 Å². The molecular formula is C19H21NO. The summed E-state index contributed by atoms with van der Waals surface area (Å²) in [6, 6.07) is 12.3. The van der Waals surface area contributed by atoms with Gasteiger partial charge in [0.25, 0.3) is 0 Å². The van der Waals surface area contributed by atoms with Crippen LogP contribution in [0.15, 0.2) is 36.4 Å². The zero-order chi connectivity index (χ0) is 14.8. The van der Waals surface area contributed by atoms with Crippen LogP contribution in [0.1, 0.15) is 39.0 Å². The largest absolute Gasteiger partial charge is 0.385 e. The number of nitrogens with one attached hydrogen (secondary N) is 1. The smallest absolute Gasteiger partial charge is 0.167 e. The molecule has 0 fully saturated rings. The number of benzene rings is 2. The molecule has 0 bridgehead atoms. The van der Waals surface area contributed by atoms with Gasteiger partial charge >= 0.3 is 0 Å². The molecule has 2 aromatic rings. The van der Waals surface area contributed by atoms with Gasteiger partial charge in [-0.3, -0.25) is 4.79 Å². The second-order valence-corrected chi connectivity index (χ2v) is 5.87. The van der Waals surface area contributed by atoms with Gasteiger partial charge in [0.05, 0.1) is 0 Å². The molecule has 1 aliphatic rings. The molecule has 0 amide bonds. The molecule has 0 aromatic heterocycles. The van der Waals surface area contributed by atoms with Crippen molar-refractivity contribution in [3.05, 3.63) is 64.2 Å². The van der Waals surface area contributed by atoms with Gasteiger partial charge < -0.3 is 5.32 Å². The van der Waals surface area contributed by atoms with Gasteiger partial charge in [-0.1, -0.05) is 18.2 Å². The molecule has 21 heavy (non-hydrogen) atoms. The van der Waals surface area contributed by atoms with Crippen LogP contribution in [0.5, 0.6) is 0 Å². The Morgan fingerprint density at radius 1 is 1.14 bits per heavy atom. The first-order chi connectivity index (χ1) is 10.1. The summed E-state index contributed by atoms with van der Waals surface area (Å²) >= 11 is 0. The van der Waals surface area contributed by atoms with Gasteiger partial charge in [0, 0.05) is 24.2 Å². The first-order valence-corrected chi connectivity index (χ1v) is 7.60. The molecule has 0 aliphatic carbocycles. The molecule has 1 aliphatic heterocycles. The van der Waals surface area contributed by atoms with E-state index in [1.54, 1.807) is 0 Å². The number of aryl methyl sites for hydroxylation is 3. The lowest BCUT2D eigenvalue weighted by Crippen LogP contribution is -2.13. The molecule has 108 valence electrons. The summed E-state index contributed by atoms with van der Waals surface area (Å²) in [5.41, 5.74) is 6.85. The standard InChI is InChI=1S/C19H21NO/c1-13-5-3-6-14(2)17(13)12-19(21)16-8-9-18-15(11-16)7-4-10-20-18/h3,5-6,8-9,11,20H,4,7,10,12H2,1-2H3. The average Bonchev–Trinajstić information content (AvgIpc) is 2.50. The van der Waals surface area contributed by atoms with Crippen LogP contribution >= 0.6 is 0 Å². The summed E-state index contributed by atoms with van der Waals surface area (Å²) < 4.78 is 0. The maximum absolute atomic E-state index is 12.6. The van der Waals surface area contributed by atoms with Crippen LogP contribution in [0.25, 0.3) is 0 Å². The maximum Gasteiger partial charge on any atom is 0.167 e. The van der Waals surface area contributed by atoms with Crippen molar-refractivity contribution in [2.24, 2.45) is 0 Å². The minimum Gasteiger partial charge on any atom is -0.385 e. The van der Waals surface area contributed by atoms with E-state index in [1.807, 2.05) is 18.2 Å². The molecule has 2 aromatic carbocycles. The lowest BCUT2D eigenvalue weighted by molar-refractivity contribution is 0.0992. The highest BCUT2D eigenvalue weighted by molar-refractivity contribution is 5.98. The van der Waals surface area contributed by atoms with Gasteiger partial charge in [-0.15, -0.1) is 0 Å². The van der Waals surface area contributed by atoms with Crippen LogP contribution in [0.4, 0.5) is 5.69 Å². The van der Waals surface area contributed by atoms with Gasteiger partial charge in [0.15, 0.2) is 5.78 Å². The van der Waals surface area contributed by atoms with Crippen molar-refractivity contribution in [1.29, 1.82) is 0 Å². The Morgan fingerprint density at radius 3 is 2.67 bits per heavy atom. The molecule has 2 nitrogen and oxygen atoms in total. The van der Waals surface area contributed by atoms with Crippen molar-refractivity contribution in [2.75, 3.05) is 11.9 Å². The molecule has 2 heteroatoms. The zero-order valence-corrected chi connectivity index (χ0v) is 12.7. The van der Waals surface area contributed by atoms with E-state index < -0.39 is 0 Å². The molecular weight excluding hydrogens is 258 g/mol. The number of Topliss-reactive ketones (excluding diaryl/α,β-unsaturated/α-hetero) is 1. The van der Waals surface area contributed by atoms with E-state index in [9.17, 15) is 4.79 Å². The SMILES string of the molecule is Cc1cccc(C)c1CC(=O)c1ccc2c(c1)CCCN2. The molecule has 0 spiro atoms. The van der Waals surface area contributed by atoms with Gasteiger partial charge in [-0.25, -0.2) is 0 Å². The number of carbonyl (C=O) groups is 1. The Balaban J connectivity index is 1.86. The Kier molecular flexibility index (Phi) is 3.78. The molecule has 0 radical (unpaired) electrons. The highest BCUT2D eigenvalue weighted by atomic mass is 16.1. The number of anilines is 1. The number of hydrogen-bond acceptors (Lipinski definition) is 2. The van der Waals surface area contributed by atoms with E-state index in [1.165, 1.54) is 27.9 Å². The van der Waals surface area contributed by atoms with Crippen molar-refractivity contribution in [3.63, 3.8) is 0 Å². The Bertz CT molecular complexity index is 668. The van der Waals surface area contributed by atoms with Crippen LogP contribution in [0.3, 0.4) is 0 Å². The third-order valence-corrected chi connectivity index (χ3v) is 4.35. The Morgan fingerprint density at radius 2 is 1.90 bits per heavy atom. The minimum atomic E-state index is 0.209. The van der Waals surface area contributed by atoms with Crippen LogP contribution in [0.2, 0.25) is 0 Å². The van der Waals surface area contributed by atoms with Crippen molar-refractivity contribution in [2.45, 2.75) is 33.1 Å². The van der Waals surface area contributed by atoms with Crippen LogP contribution in [-0.2, 0) is 12.8 Å². The summed E-state index contributed by atoms with van der Waals surface area (Å²) in [6.07, 6.45) is 2.69. The van der Waals surface area contributed by atoms with E-state index in [0.717, 1.165) is 24.9 Å². The fourth-order valence-electron chi connectivity index (χ4n) is 3.04. The Hall–Kier alpha value is -2.09. The summed E-state index contributed by atoms with van der Waals surface area (Å²) in [5.74, 6) is 0.209. The minimum absolute atomic E-state index is 0.209. The summed E-state index contributed by atoms with van der Waals surface area (Å²) in [5, 5.41) is 3.39. The average molecular weight is 279 g/mol. The van der Waals surface area contributed by atoms with E-state index in [-0.39, 0.29) is 5.78 Å². The summed E-state index contributed by atoms with van der Waals surface area (Å²) in [6.45, 7) is 5.18. The number of rotatable bonds is 3. The quantitative estimate of drug-likeness (QED) is 0.857. The van der Waals surface area contributed by atoms with Gasteiger partial charge in [-0.2, -0.15) is 0 Å². The number of carbonyl (C=O) groups excluding carboxylic acids is 1. The topological polar surface area (TPSA) is 29.1 Å².